The van der Waals surface area contributed by atoms with Crippen LogP contribution in [0.4, 0.5) is 4.39 Å². The number of aromatic carboxylic acids is 1. The molecule has 12 heavy (non-hydrogen) atoms. The van der Waals surface area contributed by atoms with Crippen molar-refractivity contribution in [3.63, 3.8) is 0 Å². The van der Waals surface area contributed by atoms with E-state index >= 15 is 0 Å². The lowest BCUT2D eigenvalue weighted by molar-refractivity contribution is 0.0691. The summed E-state index contributed by atoms with van der Waals surface area (Å²) in [5, 5.41) is 25.8. The molecule has 64 valence electrons. The summed E-state index contributed by atoms with van der Waals surface area (Å²) in [7, 11) is 0. The fourth-order valence-corrected chi connectivity index (χ4v) is 0.720. The molecule has 0 spiro atoms. The van der Waals surface area contributed by atoms with Gasteiger partial charge in [-0.2, -0.15) is 0 Å². The van der Waals surface area contributed by atoms with Gasteiger partial charge in [-0.15, -0.1) is 0 Å². The lowest BCUT2D eigenvalue weighted by Crippen LogP contribution is -1.99. The van der Waals surface area contributed by atoms with Crippen LogP contribution in [-0.2, 0) is 0 Å². The summed E-state index contributed by atoms with van der Waals surface area (Å²) >= 11 is 0. The van der Waals surface area contributed by atoms with Crippen LogP contribution < -0.4 is 0 Å². The zero-order valence-corrected chi connectivity index (χ0v) is 5.78. The summed E-state index contributed by atoms with van der Waals surface area (Å²) in [6, 6.07) is 1.77. The number of hydrogen-bond acceptors (Lipinski definition) is 3. The molecule has 0 heterocycles. The lowest BCUT2D eigenvalue weighted by Gasteiger charge is -2.00. The van der Waals surface area contributed by atoms with E-state index in [1.165, 1.54) is 0 Å². The Morgan fingerprint density at radius 3 is 2.42 bits per heavy atom. The van der Waals surface area contributed by atoms with Gasteiger partial charge >= 0.3 is 5.97 Å². The van der Waals surface area contributed by atoms with Crippen molar-refractivity contribution in [2.45, 2.75) is 0 Å². The van der Waals surface area contributed by atoms with Crippen molar-refractivity contribution in [2.75, 3.05) is 0 Å². The van der Waals surface area contributed by atoms with Gasteiger partial charge in [0.05, 0.1) is 5.56 Å². The predicted octanol–water partition coefficient (Wildman–Crippen LogP) is 0.935. The Labute approximate surface area is 66.5 Å². The molecule has 3 N–H and O–H groups in total. The summed E-state index contributed by atoms with van der Waals surface area (Å²) in [4.78, 5) is 10.3. The largest absolute Gasteiger partial charge is 0.504 e. The molecule has 0 saturated carbocycles. The molecular weight excluding hydrogens is 167 g/mol. The third-order valence-electron chi connectivity index (χ3n) is 1.33. The summed E-state index contributed by atoms with van der Waals surface area (Å²) in [5.41, 5.74) is -0.676. The van der Waals surface area contributed by atoms with Crippen molar-refractivity contribution in [1.82, 2.24) is 0 Å². The number of phenolic OH excluding ortho intramolecular Hbond substituents is 2. The molecule has 1 aromatic rings. The molecule has 0 unspecified atom stereocenters. The van der Waals surface area contributed by atoms with Crippen LogP contribution in [0.2, 0.25) is 0 Å². The Morgan fingerprint density at radius 1 is 1.33 bits per heavy atom. The van der Waals surface area contributed by atoms with Crippen molar-refractivity contribution >= 4 is 5.97 Å². The van der Waals surface area contributed by atoms with Gasteiger partial charge in [0, 0.05) is 0 Å². The van der Waals surface area contributed by atoms with Crippen LogP contribution in [0, 0.1) is 5.82 Å². The number of phenols is 2. The molecule has 1 rings (SSSR count). The van der Waals surface area contributed by atoms with E-state index < -0.39 is 28.8 Å². The van der Waals surface area contributed by atoms with Gasteiger partial charge in [-0.1, -0.05) is 0 Å². The molecule has 0 atom stereocenters. The van der Waals surface area contributed by atoms with Crippen LogP contribution in [0.1, 0.15) is 10.4 Å². The van der Waals surface area contributed by atoms with Gasteiger partial charge in [0.2, 0.25) is 0 Å². The monoisotopic (exact) mass is 172 g/mol. The highest BCUT2D eigenvalue weighted by Gasteiger charge is 2.16. The zero-order valence-electron chi connectivity index (χ0n) is 5.78. The Bertz CT molecular complexity index is 334. The zero-order chi connectivity index (χ0) is 9.30. The van der Waals surface area contributed by atoms with Gasteiger partial charge in [-0.05, 0) is 12.1 Å². The van der Waals surface area contributed by atoms with E-state index in [0.717, 1.165) is 12.1 Å². The Kier molecular flexibility index (Phi) is 1.86. The van der Waals surface area contributed by atoms with Crippen LogP contribution in [-0.4, -0.2) is 21.3 Å². The van der Waals surface area contributed by atoms with Crippen molar-refractivity contribution in [3.8, 4) is 11.5 Å². The number of benzene rings is 1. The maximum Gasteiger partial charge on any atom is 0.338 e. The van der Waals surface area contributed by atoms with E-state index in [-0.39, 0.29) is 0 Å². The van der Waals surface area contributed by atoms with Gasteiger partial charge in [0.15, 0.2) is 17.3 Å². The van der Waals surface area contributed by atoms with Gasteiger partial charge < -0.3 is 15.3 Å². The smallest absolute Gasteiger partial charge is 0.338 e. The summed E-state index contributed by atoms with van der Waals surface area (Å²) in [6.07, 6.45) is 0. The first-order valence-corrected chi connectivity index (χ1v) is 2.97. The van der Waals surface area contributed by atoms with Crippen LogP contribution >= 0.6 is 0 Å². The van der Waals surface area contributed by atoms with E-state index in [2.05, 4.69) is 0 Å². The van der Waals surface area contributed by atoms with Crippen molar-refractivity contribution < 1.29 is 24.5 Å². The Hall–Kier alpha value is -1.78. The van der Waals surface area contributed by atoms with Crippen molar-refractivity contribution in [1.29, 1.82) is 0 Å². The molecule has 5 heteroatoms. The lowest BCUT2D eigenvalue weighted by atomic mass is 10.2. The quantitative estimate of drug-likeness (QED) is 0.551. The number of carboxylic acid groups (broad SMARTS) is 1. The number of halogens is 1. The second kappa shape index (κ2) is 2.69. The summed E-state index contributed by atoms with van der Waals surface area (Å²) < 4.78 is 12.7. The fraction of sp³-hybridized carbons (Fsp3) is 0. The van der Waals surface area contributed by atoms with Gasteiger partial charge in [-0.25, -0.2) is 9.18 Å². The average Bonchev–Trinajstić information content (AvgIpc) is 2.00. The third kappa shape index (κ3) is 1.16. The van der Waals surface area contributed by atoms with E-state index in [0.29, 0.717) is 0 Å². The minimum atomic E-state index is -1.50. The second-order valence-electron chi connectivity index (χ2n) is 2.10. The molecule has 0 radical (unpaired) electrons. The van der Waals surface area contributed by atoms with E-state index in [1.807, 2.05) is 0 Å². The van der Waals surface area contributed by atoms with Crippen LogP contribution in [0.5, 0.6) is 11.5 Å². The van der Waals surface area contributed by atoms with Gasteiger partial charge in [-0.3, -0.25) is 0 Å². The maximum atomic E-state index is 12.7. The first kappa shape index (κ1) is 8.32. The SMILES string of the molecule is O=C(O)c1ccc(O)c(O)c1F. The third-order valence-corrected chi connectivity index (χ3v) is 1.33. The molecule has 0 amide bonds. The topological polar surface area (TPSA) is 77.8 Å². The number of rotatable bonds is 1. The normalized spacial score (nSPS) is 9.75. The standard InChI is InChI=1S/C7H5FO4/c8-5-3(7(11)12)1-2-4(9)6(5)10/h1-2,9-10H,(H,11,12). The number of carbonyl (C=O) groups is 1. The van der Waals surface area contributed by atoms with Gasteiger partial charge in [0.25, 0.3) is 0 Å². The first-order chi connectivity index (χ1) is 5.54. The minimum absolute atomic E-state index is 0.676. The molecular formula is C7H5FO4. The molecule has 0 saturated heterocycles. The predicted molar refractivity (Wildman–Crippen MR) is 36.7 cm³/mol. The van der Waals surface area contributed by atoms with E-state index in [4.69, 9.17) is 15.3 Å². The van der Waals surface area contributed by atoms with Crippen molar-refractivity contribution in [2.24, 2.45) is 0 Å². The molecule has 4 nitrogen and oxygen atoms in total. The first-order valence-electron chi connectivity index (χ1n) is 2.97. The number of carboxylic acids is 1. The van der Waals surface area contributed by atoms with Crippen molar-refractivity contribution in [3.05, 3.63) is 23.5 Å². The molecule has 0 aliphatic carbocycles. The molecule has 0 aromatic heterocycles. The summed E-state index contributed by atoms with van der Waals surface area (Å²) in [5.74, 6) is -4.56. The Morgan fingerprint density at radius 2 is 1.92 bits per heavy atom. The number of hydrogen-bond donors (Lipinski definition) is 3. The highest BCUT2D eigenvalue weighted by atomic mass is 19.1. The van der Waals surface area contributed by atoms with Crippen LogP contribution in [0.15, 0.2) is 12.1 Å². The Balaban J connectivity index is 3.36. The highest BCUT2D eigenvalue weighted by Crippen LogP contribution is 2.29. The summed E-state index contributed by atoms with van der Waals surface area (Å²) in [6.45, 7) is 0. The second-order valence-corrected chi connectivity index (χ2v) is 2.10. The van der Waals surface area contributed by atoms with Gasteiger partial charge in [0.1, 0.15) is 0 Å². The molecule has 0 fully saturated rings. The average molecular weight is 172 g/mol. The van der Waals surface area contributed by atoms with E-state index in [9.17, 15) is 9.18 Å². The molecule has 0 aliphatic heterocycles. The van der Waals surface area contributed by atoms with Crippen LogP contribution in [0.3, 0.4) is 0 Å². The maximum absolute atomic E-state index is 12.7. The minimum Gasteiger partial charge on any atom is -0.504 e. The van der Waals surface area contributed by atoms with Crippen LogP contribution in [0.25, 0.3) is 0 Å². The fourth-order valence-electron chi connectivity index (χ4n) is 0.720. The molecule has 0 aliphatic rings. The van der Waals surface area contributed by atoms with E-state index in [1.54, 1.807) is 0 Å². The molecule has 1 aromatic carbocycles. The highest BCUT2D eigenvalue weighted by molar-refractivity contribution is 5.88. The molecule has 0 bridgehead atoms. The number of aromatic hydroxyl groups is 2.